The summed E-state index contributed by atoms with van der Waals surface area (Å²) in [6.45, 7) is 3.45. The SMILES string of the molecule is C(CNCC1CC1)CC1CCCO1. The van der Waals surface area contributed by atoms with Crippen molar-refractivity contribution in [3.63, 3.8) is 0 Å². The molecule has 2 fully saturated rings. The van der Waals surface area contributed by atoms with Crippen LogP contribution >= 0.6 is 0 Å². The predicted octanol–water partition coefficient (Wildman–Crippen LogP) is 1.95. The van der Waals surface area contributed by atoms with E-state index in [4.69, 9.17) is 4.74 Å². The van der Waals surface area contributed by atoms with Crippen molar-refractivity contribution in [3.8, 4) is 0 Å². The number of rotatable bonds is 6. The molecule has 2 heteroatoms. The molecule has 1 saturated heterocycles. The lowest BCUT2D eigenvalue weighted by Crippen LogP contribution is -2.19. The van der Waals surface area contributed by atoms with Crippen LogP contribution in [0.1, 0.15) is 38.5 Å². The van der Waals surface area contributed by atoms with Crippen LogP contribution in [0.2, 0.25) is 0 Å². The summed E-state index contributed by atoms with van der Waals surface area (Å²) in [6.07, 6.45) is 8.62. The van der Waals surface area contributed by atoms with Gasteiger partial charge in [-0.3, -0.25) is 0 Å². The Labute approximate surface area is 81.0 Å². The van der Waals surface area contributed by atoms with Crippen molar-refractivity contribution in [1.82, 2.24) is 5.32 Å². The average molecular weight is 183 g/mol. The Kier molecular flexibility index (Phi) is 3.62. The van der Waals surface area contributed by atoms with E-state index in [1.54, 1.807) is 0 Å². The van der Waals surface area contributed by atoms with E-state index in [0.29, 0.717) is 6.10 Å². The van der Waals surface area contributed by atoms with Gasteiger partial charge in [0, 0.05) is 6.61 Å². The van der Waals surface area contributed by atoms with Gasteiger partial charge in [-0.2, -0.15) is 0 Å². The van der Waals surface area contributed by atoms with Crippen molar-refractivity contribution in [2.45, 2.75) is 44.6 Å². The van der Waals surface area contributed by atoms with Crippen LogP contribution in [-0.4, -0.2) is 25.8 Å². The Morgan fingerprint density at radius 3 is 2.85 bits per heavy atom. The summed E-state index contributed by atoms with van der Waals surface area (Å²) in [5.74, 6) is 1.02. The molecule has 1 aliphatic carbocycles. The molecule has 1 aliphatic heterocycles. The lowest BCUT2D eigenvalue weighted by molar-refractivity contribution is 0.102. The molecule has 0 bridgehead atoms. The zero-order valence-corrected chi connectivity index (χ0v) is 8.43. The fourth-order valence-electron chi connectivity index (χ4n) is 1.95. The summed E-state index contributed by atoms with van der Waals surface area (Å²) in [4.78, 5) is 0. The van der Waals surface area contributed by atoms with Crippen LogP contribution in [0.3, 0.4) is 0 Å². The highest BCUT2D eigenvalue weighted by atomic mass is 16.5. The minimum absolute atomic E-state index is 0.586. The maximum absolute atomic E-state index is 5.57. The van der Waals surface area contributed by atoms with E-state index in [9.17, 15) is 0 Å². The van der Waals surface area contributed by atoms with Crippen molar-refractivity contribution in [2.75, 3.05) is 19.7 Å². The largest absolute Gasteiger partial charge is 0.378 e. The van der Waals surface area contributed by atoms with Crippen LogP contribution < -0.4 is 5.32 Å². The van der Waals surface area contributed by atoms with E-state index >= 15 is 0 Å². The third-order valence-electron chi connectivity index (χ3n) is 3.03. The lowest BCUT2D eigenvalue weighted by Gasteiger charge is -2.08. The van der Waals surface area contributed by atoms with Gasteiger partial charge in [-0.1, -0.05) is 0 Å². The third-order valence-corrected chi connectivity index (χ3v) is 3.03. The van der Waals surface area contributed by atoms with Gasteiger partial charge in [0.25, 0.3) is 0 Å². The Morgan fingerprint density at radius 1 is 1.23 bits per heavy atom. The zero-order chi connectivity index (χ0) is 8.93. The summed E-state index contributed by atoms with van der Waals surface area (Å²) < 4.78 is 5.57. The highest BCUT2D eigenvalue weighted by Gasteiger charge is 2.20. The number of nitrogens with one attached hydrogen (secondary N) is 1. The highest BCUT2D eigenvalue weighted by molar-refractivity contribution is 4.75. The molecular weight excluding hydrogens is 162 g/mol. The molecule has 0 aromatic rings. The number of hydrogen-bond donors (Lipinski definition) is 1. The lowest BCUT2D eigenvalue weighted by atomic mass is 10.1. The molecule has 13 heavy (non-hydrogen) atoms. The first-order valence-corrected chi connectivity index (χ1v) is 5.77. The molecule has 0 amide bonds. The van der Waals surface area contributed by atoms with E-state index < -0.39 is 0 Å². The van der Waals surface area contributed by atoms with Gasteiger partial charge < -0.3 is 10.1 Å². The average Bonchev–Trinajstić information content (AvgIpc) is 2.81. The maximum atomic E-state index is 5.57. The molecule has 1 heterocycles. The third kappa shape index (κ3) is 3.65. The first kappa shape index (κ1) is 9.47. The normalized spacial score (nSPS) is 28.2. The van der Waals surface area contributed by atoms with Crippen LogP contribution in [0, 0.1) is 5.92 Å². The molecule has 0 spiro atoms. The van der Waals surface area contributed by atoms with E-state index in [1.165, 1.54) is 51.6 Å². The molecule has 0 radical (unpaired) electrons. The van der Waals surface area contributed by atoms with Gasteiger partial charge in [0.2, 0.25) is 0 Å². The molecule has 2 rings (SSSR count). The second-order valence-corrected chi connectivity index (χ2v) is 4.42. The smallest absolute Gasteiger partial charge is 0.0576 e. The van der Waals surface area contributed by atoms with Crippen molar-refractivity contribution in [2.24, 2.45) is 5.92 Å². The molecule has 2 aliphatic rings. The van der Waals surface area contributed by atoms with Crippen LogP contribution in [0.15, 0.2) is 0 Å². The van der Waals surface area contributed by atoms with Crippen molar-refractivity contribution >= 4 is 0 Å². The molecule has 0 aromatic heterocycles. The van der Waals surface area contributed by atoms with Crippen LogP contribution in [-0.2, 0) is 4.74 Å². The van der Waals surface area contributed by atoms with Gasteiger partial charge in [0.1, 0.15) is 0 Å². The van der Waals surface area contributed by atoms with E-state index in [2.05, 4.69) is 5.32 Å². The van der Waals surface area contributed by atoms with E-state index in [1.807, 2.05) is 0 Å². The first-order valence-electron chi connectivity index (χ1n) is 5.77. The maximum Gasteiger partial charge on any atom is 0.0576 e. The molecule has 1 unspecified atom stereocenters. The summed E-state index contributed by atoms with van der Waals surface area (Å²) in [5, 5.41) is 3.52. The second kappa shape index (κ2) is 4.97. The Morgan fingerprint density at radius 2 is 2.15 bits per heavy atom. The van der Waals surface area contributed by atoms with Gasteiger partial charge in [-0.05, 0) is 57.5 Å². The predicted molar refractivity (Wildman–Crippen MR) is 53.8 cm³/mol. The highest BCUT2D eigenvalue weighted by Crippen LogP contribution is 2.27. The van der Waals surface area contributed by atoms with Gasteiger partial charge in [0.05, 0.1) is 6.10 Å². The summed E-state index contributed by atoms with van der Waals surface area (Å²) in [7, 11) is 0. The van der Waals surface area contributed by atoms with Crippen LogP contribution in [0.4, 0.5) is 0 Å². The minimum Gasteiger partial charge on any atom is -0.378 e. The zero-order valence-electron chi connectivity index (χ0n) is 8.43. The molecule has 0 aromatic carbocycles. The van der Waals surface area contributed by atoms with Gasteiger partial charge in [-0.15, -0.1) is 0 Å². The number of ether oxygens (including phenoxy) is 1. The summed E-state index contributed by atoms with van der Waals surface area (Å²) in [6, 6.07) is 0. The Hall–Kier alpha value is -0.0800. The summed E-state index contributed by atoms with van der Waals surface area (Å²) in [5.41, 5.74) is 0. The first-order chi connectivity index (χ1) is 6.45. The fraction of sp³-hybridized carbons (Fsp3) is 1.00. The molecular formula is C11H21NO. The van der Waals surface area contributed by atoms with E-state index in [-0.39, 0.29) is 0 Å². The molecule has 76 valence electrons. The van der Waals surface area contributed by atoms with Crippen LogP contribution in [0.5, 0.6) is 0 Å². The fourth-order valence-corrected chi connectivity index (χ4v) is 1.95. The van der Waals surface area contributed by atoms with Crippen LogP contribution in [0.25, 0.3) is 0 Å². The van der Waals surface area contributed by atoms with Crippen molar-refractivity contribution in [1.29, 1.82) is 0 Å². The summed E-state index contributed by atoms with van der Waals surface area (Å²) >= 11 is 0. The molecule has 1 atom stereocenters. The van der Waals surface area contributed by atoms with Crippen molar-refractivity contribution in [3.05, 3.63) is 0 Å². The standard InChI is InChI=1S/C11H21NO/c1(3-11-4-2-8-13-11)7-12-9-10-5-6-10/h10-12H,1-9H2. The Balaban J connectivity index is 1.39. The van der Waals surface area contributed by atoms with E-state index in [0.717, 1.165) is 12.5 Å². The number of hydrogen-bond acceptors (Lipinski definition) is 2. The topological polar surface area (TPSA) is 21.3 Å². The van der Waals surface area contributed by atoms with Gasteiger partial charge in [-0.25, -0.2) is 0 Å². The molecule has 1 saturated carbocycles. The molecule has 1 N–H and O–H groups in total. The quantitative estimate of drug-likeness (QED) is 0.635. The van der Waals surface area contributed by atoms with Crippen molar-refractivity contribution < 1.29 is 4.74 Å². The minimum atomic E-state index is 0.586. The second-order valence-electron chi connectivity index (χ2n) is 4.42. The monoisotopic (exact) mass is 183 g/mol. The van der Waals surface area contributed by atoms with Gasteiger partial charge >= 0.3 is 0 Å². The Bertz CT molecular complexity index is 139. The van der Waals surface area contributed by atoms with Gasteiger partial charge in [0.15, 0.2) is 0 Å². The molecule has 2 nitrogen and oxygen atoms in total.